The first kappa shape index (κ1) is 25.1. The molecule has 0 radical (unpaired) electrons. The van der Waals surface area contributed by atoms with Crippen molar-refractivity contribution in [2.24, 2.45) is 5.92 Å². The Morgan fingerprint density at radius 2 is 1.17 bits per heavy atom. The summed E-state index contributed by atoms with van der Waals surface area (Å²) in [6, 6.07) is 0. The van der Waals surface area contributed by atoms with E-state index >= 15 is 0 Å². The Morgan fingerprint density at radius 1 is 0.783 bits per heavy atom. The van der Waals surface area contributed by atoms with Crippen molar-refractivity contribution < 1.29 is 17.5 Å². The van der Waals surface area contributed by atoms with Crippen LogP contribution in [0.3, 0.4) is 0 Å². The molecule has 0 bridgehead atoms. The summed E-state index contributed by atoms with van der Waals surface area (Å²) in [5.74, 6) is 0.550. The first-order chi connectivity index (χ1) is 10.7. The van der Waals surface area contributed by atoms with E-state index in [1.54, 1.807) is 0 Å². The average molecular weight is 352 g/mol. The van der Waals surface area contributed by atoms with Crippen molar-refractivity contribution in [1.29, 1.82) is 0 Å². The SMILES string of the molecule is CC(C)CCCCCCCS(=O)(=O)[O-].CC[N+](CC)(CC)CC. The van der Waals surface area contributed by atoms with Gasteiger partial charge in [-0.15, -0.1) is 0 Å². The molecule has 0 saturated carbocycles. The zero-order chi connectivity index (χ0) is 18.4. The van der Waals surface area contributed by atoms with Crippen LogP contribution in [0.1, 0.15) is 80.1 Å². The molecule has 142 valence electrons. The van der Waals surface area contributed by atoms with Crippen LogP contribution in [0.25, 0.3) is 0 Å². The van der Waals surface area contributed by atoms with Gasteiger partial charge < -0.3 is 9.04 Å². The molecular formula is C18H41NO3S. The van der Waals surface area contributed by atoms with Crippen molar-refractivity contribution in [2.45, 2.75) is 80.1 Å². The average Bonchev–Trinajstić information content (AvgIpc) is 2.48. The van der Waals surface area contributed by atoms with Crippen LogP contribution in [0.15, 0.2) is 0 Å². The van der Waals surface area contributed by atoms with Gasteiger partial charge in [-0.05, 0) is 40.0 Å². The van der Waals surface area contributed by atoms with Gasteiger partial charge in [-0.25, -0.2) is 8.42 Å². The minimum atomic E-state index is -3.98. The highest BCUT2D eigenvalue weighted by Crippen LogP contribution is 2.10. The van der Waals surface area contributed by atoms with Crippen LogP contribution in [0.2, 0.25) is 0 Å². The monoisotopic (exact) mass is 351 g/mol. The van der Waals surface area contributed by atoms with Gasteiger partial charge in [-0.2, -0.15) is 0 Å². The molecule has 0 spiro atoms. The van der Waals surface area contributed by atoms with E-state index < -0.39 is 10.1 Å². The quantitative estimate of drug-likeness (QED) is 0.297. The predicted molar refractivity (Wildman–Crippen MR) is 99.5 cm³/mol. The van der Waals surface area contributed by atoms with Gasteiger partial charge in [-0.1, -0.05) is 46.0 Å². The third kappa shape index (κ3) is 16.5. The van der Waals surface area contributed by atoms with Gasteiger partial charge in [-0.3, -0.25) is 0 Å². The van der Waals surface area contributed by atoms with Crippen molar-refractivity contribution in [3.8, 4) is 0 Å². The molecule has 0 aliphatic carbocycles. The van der Waals surface area contributed by atoms with Gasteiger partial charge in [0.15, 0.2) is 0 Å². The fourth-order valence-electron chi connectivity index (χ4n) is 2.70. The minimum Gasteiger partial charge on any atom is -0.748 e. The largest absolute Gasteiger partial charge is 0.748 e. The Morgan fingerprint density at radius 3 is 1.48 bits per heavy atom. The summed E-state index contributed by atoms with van der Waals surface area (Å²) in [5.41, 5.74) is 0. The molecule has 0 fully saturated rings. The van der Waals surface area contributed by atoms with Crippen LogP contribution in [0.4, 0.5) is 0 Å². The lowest BCUT2D eigenvalue weighted by Crippen LogP contribution is -2.47. The number of hydrogen-bond acceptors (Lipinski definition) is 3. The molecule has 0 rings (SSSR count). The zero-order valence-electron chi connectivity index (χ0n) is 16.4. The number of hydrogen-bond donors (Lipinski definition) is 0. The summed E-state index contributed by atoms with van der Waals surface area (Å²) in [5, 5.41) is 0. The fourth-order valence-corrected chi connectivity index (χ4v) is 3.26. The first-order valence-electron chi connectivity index (χ1n) is 9.44. The molecule has 4 nitrogen and oxygen atoms in total. The second-order valence-electron chi connectivity index (χ2n) is 6.82. The summed E-state index contributed by atoms with van der Waals surface area (Å²) < 4.78 is 32.0. The van der Waals surface area contributed by atoms with Gasteiger partial charge in [0.05, 0.1) is 36.3 Å². The summed E-state index contributed by atoms with van der Waals surface area (Å²) >= 11 is 0. The molecule has 0 aromatic carbocycles. The Kier molecular flexibility index (Phi) is 15.5. The molecule has 5 heteroatoms. The van der Waals surface area contributed by atoms with Crippen LogP contribution in [0.5, 0.6) is 0 Å². The lowest BCUT2D eigenvalue weighted by molar-refractivity contribution is -0.921. The Hall–Kier alpha value is -0.130. The topological polar surface area (TPSA) is 57.2 Å². The molecule has 0 heterocycles. The van der Waals surface area contributed by atoms with E-state index in [9.17, 15) is 13.0 Å². The van der Waals surface area contributed by atoms with Crippen molar-refractivity contribution in [1.82, 2.24) is 0 Å². The molecule has 0 unspecified atom stereocenters. The van der Waals surface area contributed by atoms with E-state index in [0.29, 0.717) is 6.42 Å². The van der Waals surface area contributed by atoms with Gasteiger partial charge in [0.1, 0.15) is 0 Å². The van der Waals surface area contributed by atoms with Crippen LogP contribution >= 0.6 is 0 Å². The predicted octanol–water partition coefficient (Wildman–Crippen LogP) is 4.41. The third-order valence-electron chi connectivity index (χ3n) is 4.86. The number of nitrogens with zero attached hydrogens (tertiary/aromatic N) is 1. The molecule has 0 aliphatic heterocycles. The maximum atomic E-state index is 10.3. The van der Waals surface area contributed by atoms with Gasteiger partial charge in [0, 0.05) is 5.75 Å². The molecule has 23 heavy (non-hydrogen) atoms. The molecule has 0 aromatic heterocycles. The van der Waals surface area contributed by atoms with E-state index in [1.165, 1.54) is 43.5 Å². The smallest absolute Gasteiger partial charge is 0.0945 e. The van der Waals surface area contributed by atoms with Crippen LogP contribution in [0, 0.1) is 5.92 Å². The Bertz CT molecular complexity index is 332. The maximum Gasteiger partial charge on any atom is 0.0945 e. The highest BCUT2D eigenvalue weighted by Gasteiger charge is 2.16. The standard InChI is InChI=1S/C10H22O3S.C8H20N/c1-10(2)8-6-4-3-5-7-9-14(11,12)13;1-5-9(6-2,7-3)8-4/h10H,3-9H2,1-2H3,(H,11,12,13);5-8H2,1-4H3/q;+1/p-1. The van der Waals surface area contributed by atoms with Crippen LogP contribution in [-0.4, -0.2) is 49.4 Å². The van der Waals surface area contributed by atoms with Gasteiger partial charge in [0.2, 0.25) is 0 Å². The first-order valence-corrected chi connectivity index (χ1v) is 11.0. The molecule has 0 aliphatic rings. The van der Waals surface area contributed by atoms with Crippen molar-refractivity contribution >= 4 is 10.1 Å². The van der Waals surface area contributed by atoms with Crippen molar-refractivity contribution in [2.75, 3.05) is 31.9 Å². The zero-order valence-corrected chi connectivity index (χ0v) is 17.3. The highest BCUT2D eigenvalue weighted by molar-refractivity contribution is 7.85. The third-order valence-corrected chi connectivity index (χ3v) is 5.65. The van der Waals surface area contributed by atoms with Crippen molar-refractivity contribution in [3.05, 3.63) is 0 Å². The Balaban J connectivity index is 0. The van der Waals surface area contributed by atoms with E-state index in [-0.39, 0.29) is 5.75 Å². The molecule has 0 N–H and O–H groups in total. The second kappa shape index (κ2) is 14.2. The summed E-state index contributed by atoms with van der Waals surface area (Å²) in [6.45, 7) is 18.6. The summed E-state index contributed by atoms with van der Waals surface area (Å²) in [7, 11) is -3.98. The Labute approximate surface area is 146 Å². The minimum absolute atomic E-state index is 0.197. The van der Waals surface area contributed by atoms with E-state index in [2.05, 4.69) is 41.5 Å². The lowest BCUT2D eigenvalue weighted by atomic mass is 10.0. The molecule has 0 amide bonds. The molecule has 0 atom stereocenters. The summed E-state index contributed by atoms with van der Waals surface area (Å²) in [6.07, 6.45) is 6.02. The second-order valence-corrected chi connectivity index (χ2v) is 8.34. The van der Waals surface area contributed by atoms with Gasteiger partial charge >= 0.3 is 0 Å². The number of rotatable bonds is 12. The molecular weight excluding hydrogens is 310 g/mol. The maximum absolute atomic E-state index is 10.3. The molecule has 0 aromatic rings. The lowest BCUT2D eigenvalue weighted by Gasteiger charge is -2.34. The normalized spacial score (nSPS) is 12.2. The number of unbranched alkanes of at least 4 members (excludes halogenated alkanes) is 4. The van der Waals surface area contributed by atoms with E-state index in [4.69, 9.17) is 0 Å². The van der Waals surface area contributed by atoms with E-state index in [1.807, 2.05) is 0 Å². The van der Waals surface area contributed by atoms with Crippen molar-refractivity contribution in [3.63, 3.8) is 0 Å². The summed E-state index contributed by atoms with van der Waals surface area (Å²) in [4.78, 5) is 0. The van der Waals surface area contributed by atoms with Crippen LogP contribution < -0.4 is 0 Å². The number of quaternary nitrogens is 1. The fraction of sp³-hybridized carbons (Fsp3) is 1.00. The molecule has 0 saturated heterocycles. The van der Waals surface area contributed by atoms with Gasteiger partial charge in [0.25, 0.3) is 0 Å². The van der Waals surface area contributed by atoms with Crippen LogP contribution in [-0.2, 0) is 10.1 Å². The highest BCUT2D eigenvalue weighted by atomic mass is 32.2. The van der Waals surface area contributed by atoms with E-state index in [0.717, 1.165) is 25.2 Å².